The number of rotatable bonds is 4. The molecule has 1 amide bonds. The Kier molecular flexibility index (Phi) is 8.45. The van der Waals surface area contributed by atoms with E-state index in [4.69, 9.17) is 4.74 Å². The average molecular weight is 449 g/mol. The van der Waals surface area contributed by atoms with Gasteiger partial charge in [-0.1, -0.05) is 0 Å². The van der Waals surface area contributed by atoms with E-state index in [1.165, 1.54) is 36.8 Å². The Morgan fingerprint density at radius 3 is 2.74 bits per heavy atom. The van der Waals surface area contributed by atoms with E-state index in [1.807, 2.05) is 19.1 Å². The summed E-state index contributed by atoms with van der Waals surface area (Å²) in [7, 11) is 0. The molecule has 1 aromatic rings. The van der Waals surface area contributed by atoms with Crippen LogP contribution < -0.4 is 5.32 Å². The van der Waals surface area contributed by atoms with Gasteiger partial charge < -0.3 is 10.1 Å². The van der Waals surface area contributed by atoms with E-state index in [0.29, 0.717) is 6.54 Å². The number of carbonyl (C=O) groups is 1. The van der Waals surface area contributed by atoms with Crippen LogP contribution in [0.25, 0.3) is 0 Å². The molecule has 6 heteroatoms. The molecule has 19 heavy (non-hydrogen) atoms. The van der Waals surface area contributed by atoms with Crippen molar-refractivity contribution in [2.24, 2.45) is 0 Å². The van der Waals surface area contributed by atoms with Crippen molar-refractivity contribution in [3.8, 4) is 0 Å². The normalized spacial score (nSPS) is 15.4. The van der Waals surface area contributed by atoms with Crippen LogP contribution in [0.1, 0.15) is 14.5 Å². The molecule has 0 atom stereocenters. The van der Waals surface area contributed by atoms with Crippen LogP contribution >= 0.6 is 11.3 Å². The number of ether oxygens (including phenoxy) is 1. The molecule has 1 N–H and O–H groups in total. The summed E-state index contributed by atoms with van der Waals surface area (Å²) in [6.45, 7) is 7.16. The number of hydrogen-bond acceptors (Lipinski definition) is 4. The summed E-state index contributed by atoms with van der Waals surface area (Å²) in [4.78, 5) is 16.0. The fourth-order valence-electron chi connectivity index (χ4n) is 1.80. The first-order chi connectivity index (χ1) is 9.25. The molecule has 105 valence electrons. The molecule has 1 aromatic heterocycles. The van der Waals surface area contributed by atoms with Crippen LogP contribution in [0.5, 0.6) is 0 Å². The molecular weight excluding hydrogens is 429 g/mol. The third-order valence-electron chi connectivity index (χ3n) is 2.78. The monoisotopic (exact) mass is 449 g/mol. The van der Waals surface area contributed by atoms with Gasteiger partial charge in [-0.3, -0.25) is 9.69 Å². The van der Waals surface area contributed by atoms with Crippen LogP contribution in [0.2, 0.25) is 0 Å². The average Bonchev–Trinajstić information content (AvgIpc) is 2.89. The quantitative estimate of drug-likeness (QED) is 0.749. The van der Waals surface area contributed by atoms with Crippen LogP contribution in [0, 0.1) is 6.92 Å². The predicted molar refractivity (Wildman–Crippen MR) is 75.8 cm³/mol. The van der Waals surface area contributed by atoms with Crippen molar-refractivity contribution in [2.75, 3.05) is 39.4 Å². The number of amides is 1. The summed E-state index contributed by atoms with van der Waals surface area (Å²) in [5.41, 5.74) is 0. The molecule has 1 aliphatic rings. The number of thiophene rings is 1. The fraction of sp³-hybridized carbons (Fsp3) is 0.538. The second-order valence-electron chi connectivity index (χ2n) is 4.12. The van der Waals surface area contributed by atoms with Gasteiger partial charge in [-0.05, 0) is 19.1 Å². The van der Waals surface area contributed by atoms with E-state index < -0.39 is 0 Å². The minimum atomic E-state index is 0.0383. The minimum absolute atomic E-state index is 0.0383. The Hall–Kier alpha value is -0.300. The van der Waals surface area contributed by atoms with Crippen molar-refractivity contribution >= 4 is 22.0 Å². The van der Waals surface area contributed by atoms with Gasteiger partial charge in [-0.25, -0.2) is 0 Å². The third-order valence-corrected chi connectivity index (χ3v) is 3.78. The van der Waals surface area contributed by atoms with E-state index in [-0.39, 0.29) is 5.91 Å². The van der Waals surface area contributed by atoms with Gasteiger partial charge in [0, 0.05) is 31.1 Å². The fourth-order valence-corrected chi connectivity index (χ4v) is 2.58. The van der Waals surface area contributed by atoms with Crippen LogP contribution in [0.3, 0.4) is 0 Å². The molecule has 0 saturated carbocycles. The molecular formula is C13H20N2O2STa. The van der Waals surface area contributed by atoms with E-state index in [9.17, 15) is 4.79 Å². The van der Waals surface area contributed by atoms with Gasteiger partial charge in [-0.15, -0.1) is 11.3 Å². The molecule has 4 nitrogen and oxygen atoms in total. The molecule has 0 radical (unpaired) electrons. The van der Waals surface area contributed by atoms with E-state index in [2.05, 4.69) is 14.9 Å². The van der Waals surface area contributed by atoms with Gasteiger partial charge in [-0.2, -0.15) is 0 Å². The van der Waals surface area contributed by atoms with Gasteiger partial charge in [0.05, 0.1) is 18.1 Å². The first kappa shape index (κ1) is 16.8. The van der Waals surface area contributed by atoms with Crippen molar-refractivity contribution in [2.45, 2.75) is 6.92 Å². The zero-order valence-electron chi connectivity index (χ0n) is 11.2. The Balaban J connectivity index is 0.000000861. The Morgan fingerprint density at radius 1 is 1.47 bits per heavy atom. The molecule has 0 spiro atoms. The van der Waals surface area contributed by atoms with E-state index in [0.717, 1.165) is 37.7 Å². The summed E-state index contributed by atoms with van der Waals surface area (Å²) in [5, 5.41) is 2.95. The van der Waals surface area contributed by atoms with Crippen molar-refractivity contribution in [3.05, 3.63) is 21.9 Å². The Morgan fingerprint density at radius 2 is 2.16 bits per heavy atom. The molecule has 2 rings (SSSR count). The summed E-state index contributed by atoms with van der Waals surface area (Å²) < 4.78 is 8.63. The summed E-state index contributed by atoms with van der Waals surface area (Å²) in [6.07, 6.45) is 0. The molecule has 2 heterocycles. The zero-order chi connectivity index (χ0) is 14.1. The van der Waals surface area contributed by atoms with Gasteiger partial charge in [0.25, 0.3) is 5.91 Å². The standard InChI is InChI=1S/C12H18N2O2S.CH2.Ta/c1-10-2-3-11(17-10)12(15)13-4-5-14-6-8-16-9-7-14;;/h2-3H,4-9H2,1H3,(H,13,15);1H2;. The molecule has 1 fully saturated rings. The van der Waals surface area contributed by atoms with Gasteiger partial charge in [0.2, 0.25) is 0 Å². The first-order valence-electron chi connectivity index (χ1n) is 6.22. The first-order valence-corrected chi connectivity index (χ1v) is 9.31. The second kappa shape index (κ2) is 9.58. The molecule has 0 aliphatic carbocycles. The number of morpholine rings is 1. The molecule has 1 saturated heterocycles. The third kappa shape index (κ3) is 6.12. The van der Waals surface area contributed by atoms with Gasteiger partial charge in [0.1, 0.15) is 0 Å². The summed E-state index contributed by atoms with van der Waals surface area (Å²) >= 11 is 2.73. The van der Waals surface area contributed by atoms with Crippen molar-refractivity contribution in [1.82, 2.24) is 10.2 Å². The molecule has 1 aliphatic heterocycles. The zero-order valence-corrected chi connectivity index (χ0v) is 15.3. The summed E-state index contributed by atoms with van der Waals surface area (Å²) in [5.74, 6) is 0.0383. The predicted octanol–water partition coefficient (Wildman–Crippen LogP) is 1.08. The van der Waals surface area contributed by atoms with Crippen LogP contribution in [-0.4, -0.2) is 54.9 Å². The van der Waals surface area contributed by atoms with Gasteiger partial charge in [0.15, 0.2) is 0 Å². The van der Waals surface area contributed by atoms with Crippen LogP contribution in [0.4, 0.5) is 0 Å². The van der Waals surface area contributed by atoms with Crippen LogP contribution in [0.15, 0.2) is 12.1 Å². The maximum atomic E-state index is 11.8. The maximum absolute atomic E-state index is 11.8. The van der Waals surface area contributed by atoms with Gasteiger partial charge >= 0.3 is 25.3 Å². The topological polar surface area (TPSA) is 41.6 Å². The van der Waals surface area contributed by atoms with Crippen molar-refractivity contribution < 1.29 is 30.1 Å². The van der Waals surface area contributed by atoms with E-state index in [1.54, 1.807) is 0 Å². The molecule has 0 unspecified atom stereocenters. The second-order valence-corrected chi connectivity index (χ2v) is 5.41. The SMILES string of the molecule is Cc1ccc(C(=O)NCCN2CCOCC2)s1.[CH2]=[Ta]. The number of nitrogens with one attached hydrogen (secondary N) is 1. The molecule has 0 aromatic carbocycles. The van der Waals surface area contributed by atoms with Crippen LogP contribution in [-0.2, 0) is 25.3 Å². The number of nitrogens with zero attached hydrogens (tertiary/aromatic N) is 1. The van der Waals surface area contributed by atoms with E-state index >= 15 is 0 Å². The van der Waals surface area contributed by atoms with Crippen molar-refractivity contribution in [1.29, 1.82) is 0 Å². The Labute approximate surface area is 130 Å². The molecule has 0 bridgehead atoms. The van der Waals surface area contributed by atoms with Crippen molar-refractivity contribution in [3.63, 3.8) is 0 Å². The number of carbonyl (C=O) groups excluding carboxylic acids is 1. The summed E-state index contributed by atoms with van der Waals surface area (Å²) in [6, 6.07) is 3.85. The number of hydrogen-bond donors (Lipinski definition) is 1. The Bertz CT molecular complexity index is 392. The number of aryl methyl sites for hydroxylation is 1.